The summed E-state index contributed by atoms with van der Waals surface area (Å²) < 4.78 is 1.45. The Morgan fingerprint density at radius 1 is 1.50 bits per heavy atom. The van der Waals surface area contributed by atoms with Crippen molar-refractivity contribution in [3.8, 4) is 0 Å². The molecule has 6 nitrogen and oxygen atoms in total. The summed E-state index contributed by atoms with van der Waals surface area (Å²) in [5.41, 5.74) is 0.548. The number of aryl methyl sites for hydroxylation is 1. The van der Waals surface area contributed by atoms with E-state index in [0.717, 1.165) is 18.8 Å². The van der Waals surface area contributed by atoms with E-state index in [1.165, 1.54) is 4.40 Å². The zero-order chi connectivity index (χ0) is 13.3. The third-order valence-electron chi connectivity index (χ3n) is 3.28. The summed E-state index contributed by atoms with van der Waals surface area (Å²) in [6.07, 6.45) is 1.09. The van der Waals surface area contributed by atoms with Crippen LogP contribution in [-0.2, 0) is 0 Å². The molecule has 98 valence electrons. The zero-order valence-corrected chi connectivity index (χ0v) is 11.2. The van der Waals surface area contributed by atoms with E-state index in [1.54, 1.807) is 13.0 Å². The van der Waals surface area contributed by atoms with Crippen LogP contribution < -0.4 is 11.0 Å². The van der Waals surface area contributed by atoms with Gasteiger partial charge in [0, 0.05) is 12.6 Å². The molecule has 0 fully saturated rings. The minimum Gasteiger partial charge on any atom is -0.369 e. The van der Waals surface area contributed by atoms with Crippen LogP contribution in [0.25, 0.3) is 5.65 Å². The predicted molar refractivity (Wildman–Crippen MR) is 70.9 cm³/mol. The van der Waals surface area contributed by atoms with Crippen molar-refractivity contribution >= 4 is 11.5 Å². The summed E-state index contributed by atoms with van der Waals surface area (Å²) in [4.78, 5) is 15.8. The molecule has 2 heterocycles. The summed E-state index contributed by atoms with van der Waals surface area (Å²) in [6, 6.07) is 1.77. The number of nitrogens with zero attached hydrogens (tertiary/aromatic N) is 3. The fraction of sp³-hybridized carbons (Fsp3) is 0.583. The van der Waals surface area contributed by atoms with E-state index in [4.69, 9.17) is 0 Å². The van der Waals surface area contributed by atoms with Gasteiger partial charge in [-0.2, -0.15) is 5.10 Å². The van der Waals surface area contributed by atoms with Gasteiger partial charge in [0.25, 0.3) is 0 Å². The highest BCUT2D eigenvalue weighted by Crippen LogP contribution is 2.20. The number of fused-ring (bicyclic) bond motifs is 1. The molecule has 0 aliphatic heterocycles. The lowest BCUT2D eigenvalue weighted by atomic mass is 9.90. The summed E-state index contributed by atoms with van der Waals surface area (Å²) in [6.45, 7) is 9.19. The van der Waals surface area contributed by atoms with Crippen molar-refractivity contribution in [3.05, 3.63) is 22.4 Å². The first-order valence-electron chi connectivity index (χ1n) is 6.11. The molecule has 0 aliphatic rings. The topological polar surface area (TPSA) is 75.1 Å². The molecule has 0 radical (unpaired) electrons. The molecular formula is C12H19N5O. The minimum atomic E-state index is -0.254. The standard InChI is InChI=1S/C12H19N5O/c1-5-12(3,4)7-13-9-6-10-15-16-11(18)17(10)8(2)14-9/h6,13H,5,7H2,1-4H3,(H,16,18). The third-order valence-corrected chi connectivity index (χ3v) is 3.28. The van der Waals surface area contributed by atoms with Crippen molar-refractivity contribution < 1.29 is 0 Å². The van der Waals surface area contributed by atoms with Crippen LogP contribution in [0.5, 0.6) is 0 Å². The quantitative estimate of drug-likeness (QED) is 0.862. The minimum absolute atomic E-state index is 0.215. The highest BCUT2D eigenvalue weighted by Gasteiger charge is 2.15. The Hall–Kier alpha value is -1.85. The van der Waals surface area contributed by atoms with Crippen LogP contribution in [0.1, 0.15) is 33.0 Å². The van der Waals surface area contributed by atoms with Crippen LogP contribution >= 0.6 is 0 Å². The lowest BCUT2D eigenvalue weighted by Crippen LogP contribution is -2.23. The second-order valence-electron chi connectivity index (χ2n) is 5.28. The first kappa shape index (κ1) is 12.6. The Labute approximate surface area is 105 Å². The molecular weight excluding hydrogens is 230 g/mol. The molecule has 0 spiro atoms. The van der Waals surface area contributed by atoms with Gasteiger partial charge in [0.05, 0.1) is 0 Å². The molecule has 2 aromatic heterocycles. The number of hydrogen-bond donors (Lipinski definition) is 2. The van der Waals surface area contributed by atoms with Crippen molar-refractivity contribution in [2.45, 2.75) is 34.1 Å². The van der Waals surface area contributed by atoms with E-state index < -0.39 is 0 Å². The maximum absolute atomic E-state index is 11.5. The number of anilines is 1. The van der Waals surface area contributed by atoms with Gasteiger partial charge in [-0.25, -0.2) is 19.3 Å². The maximum atomic E-state index is 11.5. The SMILES string of the molecule is CCC(C)(C)CNc1cc2n[nH]c(=O)n2c(C)n1. The van der Waals surface area contributed by atoms with E-state index in [1.807, 2.05) is 0 Å². The number of nitrogens with one attached hydrogen (secondary N) is 2. The van der Waals surface area contributed by atoms with Crippen molar-refractivity contribution in [3.63, 3.8) is 0 Å². The number of hydrogen-bond acceptors (Lipinski definition) is 4. The van der Waals surface area contributed by atoms with Gasteiger partial charge < -0.3 is 5.32 Å². The molecule has 0 bridgehead atoms. The van der Waals surface area contributed by atoms with Crippen molar-refractivity contribution in [1.82, 2.24) is 19.6 Å². The number of aromatic amines is 1. The van der Waals surface area contributed by atoms with Gasteiger partial charge in [-0.1, -0.05) is 20.8 Å². The van der Waals surface area contributed by atoms with Gasteiger partial charge in [-0.15, -0.1) is 0 Å². The predicted octanol–water partition coefficient (Wildman–Crippen LogP) is 1.57. The summed E-state index contributed by atoms with van der Waals surface area (Å²) in [5, 5.41) is 9.67. The van der Waals surface area contributed by atoms with Gasteiger partial charge in [0.1, 0.15) is 11.6 Å². The lowest BCUT2D eigenvalue weighted by Gasteiger charge is -2.23. The van der Waals surface area contributed by atoms with Crippen molar-refractivity contribution in [1.29, 1.82) is 0 Å². The lowest BCUT2D eigenvalue weighted by molar-refractivity contribution is 0.376. The van der Waals surface area contributed by atoms with Gasteiger partial charge in [-0.05, 0) is 18.8 Å². The van der Waals surface area contributed by atoms with Crippen LogP contribution in [-0.4, -0.2) is 26.1 Å². The Kier molecular flexibility index (Phi) is 3.11. The molecule has 2 aromatic rings. The van der Waals surface area contributed by atoms with Crippen LogP contribution in [0, 0.1) is 12.3 Å². The molecule has 2 N–H and O–H groups in total. The van der Waals surface area contributed by atoms with E-state index in [2.05, 4.69) is 41.3 Å². The van der Waals surface area contributed by atoms with E-state index in [-0.39, 0.29) is 11.1 Å². The molecule has 0 atom stereocenters. The molecule has 0 aliphatic carbocycles. The van der Waals surface area contributed by atoms with E-state index >= 15 is 0 Å². The molecule has 6 heteroatoms. The molecule has 0 unspecified atom stereocenters. The molecule has 0 saturated heterocycles. The highest BCUT2D eigenvalue weighted by atomic mass is 16.1. The van der Waals surface area contributed by atoms with E-state index in [9.17, 15) is 4.79 Å². The van der Waals surface area contributed by atoms with Gasteiger partial charge in [-0.3, -0.25) is 0 Å². The Bertz CT molecular complexity index is 610. The first-order valence-corrected chi connectivity index (χ1v) is 6.11. The molecule has 0 saturated carbocycles. The van der Waals surface area contributed by atoms with Crippen LogP contribution in [0.2, 0.25) is 0 Å². The van der Waals surface area contributed by atoms with E-state index in [0.29, 0.717) is 11.5 Å². The van der Waals surface area contributed by atoms with Gasteiger partial charge in [0.15, 0.2) is 5.65 Å². The number of H-pyrrole nitrogens is 1. The first-order chi connectivity index (χ1) is 8.43. The molecule has 18 heavy (non-hydrogen) atoms. The second kappa shape index (κ2) is 4.44. The second-order valence-corrected chi connectivity index (χ2v) is 5.28. The number of aromatic nitrogens is 4. The molecule has 0 amide bonds. The summed E-state index contributed by atoms with van der Waals surface area (Å²) >= 11 is 0. The average Bonchev–Trinajstić information content (AvgIpc) is 2.69. The maximum Gasteiger partial charge on any atom is 0.349 e. The normalized spacial score (nSPS) is 12.0. The Morgan fingerprint density at radius 2 is 2.22 bits per heavy atom. The molecule has 0 aromatic carbocycles. The average molecular weight is 249 g/mol. The molecule has 2 rings (SSSR count). The van der Waals surface area contributed by atoms with Crippen LogP contribution in [0.4, 0.5) is 5.82 Å². The van der Waals surface area contributed by atoms with Gasteiger partial charge >= 0.3 is 5.69 Å². The van der Waals surface area contributed by atoms with Crippen molar-refractivity contribution in [2.75, 3.05) is 11.9 Å². The monoisotopic (exact) mass is 249 g/mol. The summed E-state index contributed by atoms with van der Waals surface area (Å²) in [7, 11) is 0. The zero-order valence-electron chi connectivity index (χ0n) is 11.2. The van der Waals surface area contributed by atoms with Crippen LogP contribution in [0.3, 0.4) is 0 Å². The fourth-order valence-electron chi connectivity index (χ4n) is 1.64. The largest absolute Gasteiger partial charge is 0.369 e. The number of rotatable bonds is 4. The Balaban J connectivity index is 2.28. The fourth-order valence-corrected chi connectivity index (χ4v) is 1.64. The highest BCUT2D eigenvalue weighted by molar-refractivity contribution is 5.49. The van der Waals surface area contributed by atoms with Gasteiger partial charge in [0.2, 0.25) is 0 Å². The summed E-state index contributed by atoms with van der Waals surface area (Å²) in [5.74, 6) is 1.38. The third kappa shape index (κ3) is 2.37. The van der Waals surface area contributed by atoms with Crippen LogP contribution in [0.15, 0.2) is 10.9 Å². The smallest absolute Gasteiger partial charge is 0.349 e. The van der Waals surface area contributed by atoms with Crippen molar-refractivity contribution in [2.24, 2.45) is 5.41 Å². The Morgan fingerprint density at radius 3 is 2.89 bits per heavy atom.